The zero-order valence-corrected chi connectivity index (χ0v) is 16.3. The molecule has 0 unspecified atom stereocenters. The first-order valence-electron chi connectivity index (χ1n) is 10.5. The first-order chi connectivity index (χ1) is 13.2. The lowest BCUT2D eigenvalue weighted by atomic mass is 9.93. The minimum absolute atomic E-state index is 0.183. The van der Waals surface area contributed by atoms with Gasteiger partial charge in [-0.3, -0.25) is 9.59 Å². The van der Waals surface area contributed by atoms with E-state index >= 15 is 0 Å². The Morgan fingerprint density at radius 1 is 1.00 bits per heavy atom. The highest BCUT2D eigenvalue weighted by Gasteiger charge is 2.24. The smallest absolute Gasteiger partial charge is 0.222 e. The van der Waals surface area contributed by atoms with Gasteiger partial charge in [0, 0.05) is 32.0 Å². The van der Waals surface area contributed by atoms with Gasteiger partial charge in [0.1, 0.15) is 0 Å². The highest BCUT2D eigenvalue weighted by molar-refractivity contribution is 5.77. The molecule has 5 heteroatoms. The van der Waals surface area contributed by atoms with Crippen LogP contribution in [0, 0.1) is 5.92 Å². The number of rotatable bonds is 7. The molecule has 2 saturated heterocycles. The zero-order chi connectivity index (χ0) is 18.9. The maximum Gasteiger partial charge on any atom is 0.222 e. The van der Waals surface area contributed by atoms with E-state index < -0.39 is 0 Å². The van der Waals surface area contributed by atoms with Crippen molar-refractivity contribution in [1.82, 2.24) is 15.5 Å². The molecule has 0 aromatic heterocycles. The molecular weight excluding hydrogens is 338 g/mol. The van der Waals surface area contributed by atoms with E-state index in [2.05, 4.69) is 22.8 Å². The number of amides is 2. The Morgan fingerprint density at radius 2 is 1.70 bits per heavy atom. The van der Waals surface area contributed by atoms with Gasteiger partial charge in [-0.05, 0) is 63.1 Å². The van der Waals surface area contributed by atoms with Crippen LogP contribution in [0.2, 0.25) is 0 Å². The molecule has 0 saturated carbocycles. The molecule has 1 aromatic carbocycles. The van der Waals surface area contributed by atoms with Crippen molar-refractivity contribution >= 4 is 11.8 Å². The number of aryl methyl sites for hydroxylation is 1. The second-order valence-electron chi connectivity index (χ2n) is 7.94. The second kappa shape index (κ2) is 10.5. The van der Waals surface area contributed by atoms with Gasteiger partial charge in [-0.2, -0.15) is 0 Å². The molecule has 2 fully saturated rings. The molecule has 0 radical (unpaired) electrons. The zero-order valence-electron chi connectivity index (χ0n) is 16.3. The number of piperidine rings is 2. The minimum Gasteiger partial charge on any atom is -0.353 e. The molecule has 148 valence electrons. The van der Waals surface area contributed by atoms with Crippen LogP contribution in [0.5, 0.6) is 0 Å². The van der Waals surface area contributed by atoms with Gasteiger partial charge in [0.05, 0.1) is 0 Å². The maximum atomic E-state index is 12.4. The molecule has 2 N–H and O–H groups in total. The third-order valence-corrected chi connectivity index (χ3v) is 5.92. The van der Waals surface area contributed by atoms with E-state index in [1.165, 1.54) is 18.4 Å². The van der Waals surface area contributed by atoms with E-state index in [1.807, 2.05) is 23.1 Å². The van der Waals surface area contributed by atoms with Gasteiger partial charge < -0.3 is 15.5 Å². The molecule has 27 heavy (non-hydrogen) atoms. The number of benzene rings is 1. The third-order valence-electron chi connectivity index (χ3n) is 5.92. The average molecular weight is 372 g/mol. The predicted octanol–water partition coefficient (Wildman–Crippen LogP) is 2.51. The Balaban J connectivity index is 1.31. The highest BCUT2D eigenvalue weighted by Crippen LogP contribution is 2.18. The number of hydrogen-bond donors (Lipinski definition) is 2. The number of nitrogens with one attached hydrogen (secondary N) is 2. The molecular formula is C22H33N3O2. The van der Waals surface area contributed by atoms with Gasteiger partial charge >= 0.3 is 0 Å². The van der Waals surface area contributed by atoms with Crippen molar-refractivity contribution < 1.29 is 9.59 Å². The van der Waals surface area contributed by atoms with E-state index in [0.717, 1.165) is 51.9 Å². The Kier molecular flexibility index (Phi) is 7.69. The van der Waals surface area contributed by atoms with Crippen LogP contribution in [0.1, 0.15) is 50.5 Å². The van der Waals surface area contributed by atoms with Crippen LogP contribution < -0.4 is 10.6 Å². The van der Waals surface area contributed by atoms with Crippen LogP contribution in [0.4, 0.5) is 0 Å². The summed E-state index contributed by atoms with van der Waals surface area (Å²) in [5.74, 6) is 1.11. The fraction of sp³-hybridized carbons (Fsp3) is 0.636. The first-order valence-corrected chi connectivity index (χ1v) is 10.5. The van der Waals surface area contributed by atoms with E-state index in [-0.39, 0.29) is 17.9 Å². The summed E-state index contributed by atoms with van der Waals surface area (Å²) in [6.45, 7) is 3.69. The summed E-state index contributed by atoms with van der Waals surface area (Å²) < 4.78 is 0. The van der Waals surface area contributed by atoms with Crippen LogP contribution in [0.25, 0.3) is 0 Å². The van der Waals surface area contributed by atoms with Gasteiger partial charge in [-0.15, -0.1) is 0 Å². The molecule has 1 aromatic rings. The van der Waals surface area contributed by atoms with Crippen LogP contribution in [0.3, 0.4) is 0 Å². The summed E-state index contributed by atoms with van der Waals surface area (Å²) in [4.78, 5) is 26.6. The lowest BCUT2D eigenvalue weighted by Crippen LogP contribution is -2.46. The topological polar surface area (TPSA) is 61.4 Å². The Morgan fingerprint density at radius 3 is 2.41 bits per heavy atom. The molecule has 0 aliphatic carbocycles. The maximum absolute atomic E-state index is 12.4. The van der Waals surface area contributed by atoms with Gasteiger partial charge in [0.25, 0.3) is 0 Å². The van der Waals surface area contributed by atoms with Crippen molar-refractivity contribution in [2.45, 2.75) is 57.4 Å². The second-order valence-corrected chi connectivity index (χ2v) is 7.94. The summed E-state index contributed by atoms with van der Waals surface area (Å²) in [7, 11) is 0. The van der Waals surface area contributed by atoms with Crippen LogP contribution in [0.15, 0.2) is 30.3 Å². The van der Waals surface area contributed by atoms with Crippen molar-refractivity contribution in [3.05, 3.63) is 35.9 Å². The standard InChI is InChI=1S/C22H33N3O2/c26-21(8-6-19-10-14-23-15-11-19)24-20-12-16-25(17-13-20)22(27)9-7-18-4-2-1-3-5-18/h1-5,19-20,23H,6-17H2,(H,24,26). The van der Waals surface area contributed by atoms with Crippen molar-refractivity contribution in [3.63, 3.8) is 0 Å². The number of carbonyl (C=O) groups is 2. The molecule has 2 aliphatic rings. The molecule has 0 spiro atoms. The summed E-state index contributed by atoms with van der Waals surface area (Å²) in [6.07, 6.45) is 7.13. The van der Waals surface area contributed by atoms with Gasteiger partial charge in [0.15, 0.2) is 0 Å². The molecule has 3 rings (SSSR count). The Hall–Kier alpha value is -1.88. The Labute approximate surface area is 162 Å². The Bertz CT molecular complexity index is 591. The summed E-state index contributed by atoms with van der Waals surface area (Å²) >= 11 is 0. The van der Waals surface area contributed by atoms with Crippen LogP contribution in [-0.2, 0) is 16.0 Å². The van der Waals surface area contributed by atoms with Crippen LogP contribution >= 0.6 is 0 Å². The van der Waals surface area contributed by atoms with E-state index in [4.69, 9.17) is 0 Å². The highest BCUT2D eigenvalue weighted by atomic mass is 16.2. The molecule has 0 bridgehead atoms. The lowest BCUT2D eigenvalue weighted by Gasteiger charge is -2.32. The summed E-state index contributed by atoms with van der Waals surface area (Å²) in [5.41, 5.74) is 1.21. The quantitative estimate of drug-likeness (QED) is 0.774. The predicted molar refractivity (Wildman–Crippen MR) is 107 cm³/mol. The lowest BCUT2D eigenvalue weighted by molar-refractivity contribution is -0.132. The van der Waals surface area contributed by atoms with Crippen molar-refractivity contribution in [2.24, 2.45) is 5.92 Å². The third kappa shape index (κ3) is 6.65. The number of carbonyl (C=O) groups excluding carboxylic acids is 2. The van der Waals surface area contributed by atoms with E-state index in [0.29, 0.717) is 18.8 Å². The molecule has 2 aliphatic heterocycles. The normalized spacial score (nSPS) is 19.0. The van der Waals surface area contributed by atoms with Crippen molar-refractivity contribution in [1.29, 1.82) is 0 Å². The fourth-order valence-electron chi connectivity index (χ4n) is 4.13. The molecule has 2 amide bonds. The average Bonchev–Trinajstić information content (AvgIpc) is 2.72. The first kappa shape index (κ1) is 19.9. The number of hydrogen-bond acceptors (Lipinski definition) is 3. The molecule has 2 heterocycles. The van der Waals surface area contributed by atoms with Gasteiger partial charge in [-0.25, -0.2) is 0 Å². The summed E-state index contributed by atoms with van der Waals surface area (Å²) in [6, 6.07) is 10.4. The van der Waals surface area contributed by atoms with Crippen LogP contribution in [-0.4, -0.2) is 48.9 Å². The largest absolute Gasteiger partial charge is 0.353 e. The molecule has 0 atom stereocenters. The summed E-state index contributed by atoms with van der Waals surface area (Å²) in [5, 5.41) is 6.55. The monoisotopic (exact) mass is 371 g/mol. The molecule has 5 nitrogen and oxygen atoms in total. The van der Waals surface area contributed by atoms with E-state index in [1.54, 1.807) is 0 Å². The fourth-order valence-corrected chi connectivity index (χ4v) is 4.13. The van der Waals surface area contributed by atoms with E-state index in [9.17, 15) is 9.59 Å². The van der Waals surface area contributed by atoms with Crippen molar-refractivity contribution in [3.8, 4) is 0 Å². The van der Waals surface area contributed by atoms with Gasteiger partial charge in [-0.1, -0.05) is 30.3 Å². The number of nitrogens with zero attached hydrogens (tertiary/aromatic N) is 1. The number of likely N-dealkylation sites (tertiary alicyclic amines) is 1. The van der Waals surface area contributed by atoms with Crippen molar-refractivity contribution in [2.75, 3.05) is 26.2 Å². The van der Waals surface area contributed by atoms with Gasteiger partial charge in [0.2, 0.25) is 11.8 Å². The minimum atomic E-state index is 0.183. The SMILES string of the molecule is O=C(CCC1CCNCC1)NC1CCN(C(=O)CCc2ccccc2)CC1.